The molecule has 11 aromatic carbocycles. The number of para-hydroxylation sites is 1. The molecule has 12 aromatic rings. The first-order chi connectivity index (χ1) is 43.3. The Morgan fingerprint density at radius 1 is 0.433 bits per heavy atom. The van der Waals surface area contributed by atoms with E-state index in [2.05, 4.69) is 303 Å². The van der Waals surface area contributed by atoms with Gasteiger partial charge in [-0.25, -0.2) is 0 Å². The largest absolute Gasteiger partial charge is 0.486 e. The first kappa shape index (κ1) is 55.6. The summed E-state index contributed by atoms with van der Waals surface area (Å²) in [7, 11) is 0. The fourth-order valence-electron chi connectivity index (χ4n) is 14.8. The van der Waals surface area contributed by atoms with Crippen molar-refractivity contribution in [1.29, 1.82) is 0 Å². The van der Waals surface area contributed by atoms with Crippen molar-refractivity contribution in [2.75, 3.05) is 27.9 Å². The maximum Gasteiger partial charge on any atom is 0.252 e. The Morgan fingerprint density at radius 3 is 1.59 bits per heavy atom. The summed E-state index contributed by atoms with van der Waals surface area (Å²) in [5.41, 5.74) is 26.6. The fourth-order valence-corrected chi connectivity index (χ4v) is 14.8. The average molecular weight is 1170 g/mol. The lowest BCUT2D eigenvalue weighted by atomic mass is 9.33. The summed E-state index contributed by atoms with van der Waals surface area (Å²) in [6.45, 7) is 26.3. The highest BCUT2D eigenvalue weighted by Crippen LogP contribution is 2.55. The van der Waals surface area contributed by atoms with E-state index in [9.17, 15) is 0 Å². The van der Waals surface area contributed by atoms with Crippen LogP contribution >= 0.6 is 0 Å². The van der Waals surface area contributed by atoms with Gasteiger partial charge in [-0.1, -0.05) is 191 Å². The molecule has 0 fully saturated rings. The molecule has 0 amide bonds. The number of ether oxygens (including phenoxy) is 2. The summed E-state index contributed by atoms with van der Waals surface area (Å²) in [6, 6.07) is 84.3. The first-order valence-corrected chi connectivity index (χ1v) is 32.0. The van der Waals surface area contributed by atoms with Gasteiger partial charge in [-0.05, 0) is 191 Å². The summed E-state index contributed by atoms with van der Waals surface area (Å²) in [6.07, 6.45) is 0. The van der Waals surface area contributed by atoms with Crippen LogP contribution < -0.4 is 40.6 Å². The number of rotatable bonds is 7. The zero-order valence-corrected chi connectivity index (χ0v) is 53.4. The van der Waals surface area contributed by atoms with E-state index < -0.39 is 0 Å². The number of benzene rings is 11. The van der Waals surface area contributed by atoms with Gasteiger partial charge in [0.15, 0.2) is 11.5 Å². The van der Waals surface area contributed by atoms with Crippen LogP contribution in [0.4, 0.5) is 51.2 Å². The van der Waals surface area contributed by atoms with Crippen molar-refractivity contribution < 1.29 is 13.9 Å². The second-order valence-electron chi connectivity index (χ2n) is 28.8. The van der Waals surface area contributed by atoms with Gasteiger partial charge in [0.25, 0.3) is 6.71 Å². The fraction of sp³-hybridized carbons (Fsp3) is 0.205. The standard InChI is InChI=1S/C83H74BN3O3/c1-80(2,3)55-28-37-60(38-29-55)86-69-41-32-57(82(7,8)9)47-67(69)84-68-49-76-77(89-43-42-88-76)50-71(68)87(61-39-30-56(31-40-61)81(4,5)6)73-45-54(44-72(86)79(73)84)51-24-33-58(34-25-51)85(59-35-26-52(27-36-59)75-46-53-18-12-17-23-74(53)90-75)70-48-66-78(63-20-14-13-19-62(63)70)64-21-15-16-22-65(64)83(66,10)11/h12-41,44-50H,42-43H2,1-11H3. The normalized spacial score (nSPS) is 14.5. The van der Waals surface area contributed by atoms with Crippen LogP contribution in [0, 0.1) is 0 Å². The molecule has 0 N–H and O–H groups in total. The Bertz CT molecular complexity index is 4830. The van der Waals surface area contributed by atoms with Crippen LogP contribution in [0.25, 0.3) is 55.3 Å². The summed E-state index contributed by atoms with van der Waals surface area (Å²) < 4.78 is 19.4. The highest BCUT2D eigenvalue weighted by Gasteiger charge is 2.46. The van der Waals surface area contributed by atoms with Gasteiger partial charge < -0.3 is 28.6 Å². The lowest BCUT2D eigenvalue weighted by Gasteiger charge is -2.45. The third-order valence-corrected chi connectivity index (χ3v) is 19.7. The van der Waals surface area contributed by atoms with Crippen LogP contribution in [0.3, 0.4) is 0 Å². The molecule has 90 heavy (non-hydrogen) atoms. The molecule has 0 bridgehead atoms. The molecule has 6 nitrogen and oxygen atoms in total. The zero-order chi connectivity index (χ0) is 61.8. The average Bonchev–Trinajstić information content (AvgIpc) is 0.998. The molecule has 1 aromatic heterocycles. The molecule has 0 unspecified atom stereocenters. The quantitative estimate of drug-likeness (QED) is 0.148. The van der Waals surface area contributed by atoms with Gasteiger partial charge in [-0.3, -0.25) is 0 Å². The van der Waals surface area contributed by atoms with E-state index >= 15 is 0 Å². The van der Waals surface area contributed by atoms with Crippen LogP contribution in [0.5, 0.6) is 11.5 Å². The molecule has 0 atom stereocenters. The number of fused-ring (bicyclic) bond motifs is 11. The summed E-state index contributed by atoms with van der Waals surface area (Å²) >= 11 is 0. The number of furan rings is 1. The lowest BCUT2D eigenvalue weighted by molar-refractivity contribution is 0.172. The molecule has 0 spiro atoms. The number of anilines is 9. The third-order valence-electron chi connectivity index (χ3n) is 19.7. The Balaban J connectivity index is 0.919. The van der Waals surface area contributed by atoms with Crippen LogP contribution in [0.2, 0.25) is 0 Å². The molecule has 16 rings (SSSR count). The second kappa shape index (κ2) is 20.2. The molecule has 1 aliphatic carbocycles. The number of hydrogen-bond acceptors (Lipinski definition) is 6. The molecule has 0 saturated heterocycles. The molecule has 4 heterocycles. The van der Waals surface area contributed by atoms with Crippen molar-refractivity contribution in [1.82, 2.24) is 0 Å². The van der Waals surface area contributed by atoms with E-state index in [1.165, 1.54) is 71.8 Å². The van der Waals surface area contributed by atoms with Crippen LogP contribution in [-0.2, 0) is 21.7 Å². The molecular formula is C83H74BN3O3. The maximum atomic E-state index is 6.50. The molecule has 4 aliphatic rings. The third kappa shape index (κ3) is 8.89. The predicted molar refractivity (Wildman–Crippen MR) is 378 cm³/mol. The van der Waals surface area contributed by atoms with Crippen molar-refractivity contribution in [3.8, 4) is 45.1 Å². The van der Waals surface area contributed by atoms with E-state index in [0.717, 1.165) is 90.4 Å². The Morgan fingerprint density at radius 2 is 0.967 bits per heavy atom. The van der Waals surface area contributed by atoms with Gasteiger partial charge in [-0.2, -0.15) is 0 Å². The zero-order valence-electron chi connectivity index (χ0n) is 53.4. The Kier molecular flexibility index (Phi) is 12.4. The van der Waals surface area contributed by atoms with Crippen molar-refractivity contribution >= 4 is 96.0 Å². The van der Waals surface area contributed by atoms with Gasteiger partial charge in [0.2, 0.25) is 0 Å². The highest BCUT2D eigenvalue weighted by molar-refractivity contribution is 7.00. The van der Waals surface area contributed by atoms with Gasteiger partial charge in [0, 0.05) is 73.3 Å². The molecule has 7 heteroatoms. The molecule has 442 valence electrons. The summed E-state index contributed by atoms with van der Waals surface area (Å²) in [5.74, 6) is 2.40. The van der Waals surface area contributed by atoms with E-state index in [1.807, 2.05) is 12.1 Å². The minimum Gasteiger partial charge on any atom is -0.486 e. The van der Waals surface area contributed by atoms with Crippen molar-refractivity contribution in [2.45, 2.75) is 97.8 Å². The second-order valence-corrected chi connectivity index (χ2v) is 28.8. The van der Waals surface area contributed by atoms with Crippen molar-refractivity contribution in [3.63, 3.8) is 0 Å². The van der Waals surface area contributed by atoms with Gasteiger partial charge >= 0.3 is 0 Å². The summed E-state index contributed by atoms with van der Waals surface area (Å²) in [5, 5.41) is 3.53. The predicted octanol–water partition coefficient (Wildman–Crippen LogP) is 20.4. The van der Waals surface area contributed by atoms with Crippen molar-refractivity contribution in [2.24, 2.45) is 0 Å². The molecule has 3 aliphatic heterocycles. The Hall–Kier alpha value is -9.72. The van der Waals surface area contributed by atoms with E-state index in [4.69, 9.17) is 13.9 Å². The summed E-state index contributed by atoms with van der Waals surface area (Å²) in [4.78, 5) is 7.51. The smallest absolute Gasteiger partial charge is 0.252 e. The lowest BCUT2D eigenvalue weighted by Crippen LogP contribution is -2.61. The molecule has 0 radical (unpaired) electrons. The minimum absolute atomic E-state index is 0.0153. The topological polar surface area (TPSA) is 41.3 Å². The van der Waals surface area contributed by atoms with Gasteiger partial charge in [0.05, 0.1) is 5.69 Å². The minimum atomic E-state index is -0.224. The van der Waals surface area contributed by atoms with Gasteiger partial charge in [-0.15, -0.1) is 0 Å². The van der Waals surface area contributed by atoms with Gasteiger partial charge in [0.1, 0.15) is 24.6 Å². The monoisotopic (exact) mass is 1170 g/mol. The maximum absolute atomic E-state index is 6.50. The van der Waals surface area contributed by atoms with E-state index in [0.29, 0.717) is 13.2 Å². The molecular weight excluding hydrogens is 1100 g/mol. The van der Waals surface area contributed by atoms with E-state index in [1.54, 1.807) is 0 Å². The van der Waals surface area contributed by atoms with Crippen LogP contribution in [-0.4, -0.2) is 19.9 Å². The van der Waals surface area contributed by atoms with E-state index in [-0.39, 0.29) is 28.4 Å². The SMILES string of the molecule is CC(C)(C)c1ccc(N2c3ccc(C(C)(C)C)cc3B3c4cc5c(cc4N(c4ccc(C(C)(C)C)cc4)c4cc(-c6ccc(N(c7ccc(-c8cc9ccccc9o8)cc7)c7cc8c(c9ccccc79)-c7ccccc7C8(C)C)cc6)cc2c43)OCCO5)cc1. The Labute approximate surface area is 530 Å². The number of hydrogen-bond donors (Lipinski definition) is 0. The van der Waals surface area contributed by atoms with Crippen LogP contribution in [0.15, 0.2) is 229 Å². The molecule has 0 saturated carbocycles. The first-order valence-electron chi connectivity index (χ1n) is 32.0. The van der Waals surface area contributed by atoms with Crippen molar-refractivity contribution in [3.05, 3.63) is 252 Å². The highest BCUT2D eigenvalue weighted by atomic mass is 16.6. The van der Waals surface area contributed by atoms with Crippen LogP contribution in [0.1, 0.15) is 104 Å². The number of nitrogens with zero attached hydrogens (tertiary/aromatic N) is 3.